The fraction of sp³-hybridized carbons (Fsp3) is 0.125. The summed E-state index contributed by atoms with van der Waals surface area (Å²) in [5, 5.41) is 3.50. The molecular weight excluding hydrogens is 394 g/mol. The van der Waals surface area contributed by atoms with Gasteiger partial charge in [-0.05, 0) is 49.7 Å². The van der Waals surface area contributed by atoms with Gasteiger partial charge >= 0.3 is 0 Å². The van der Waals surface area contributed by atoms with Gasteiger partial charge < -0.3 is 5.32 Å². The number of para-hydroxylation sites is 3. The van der Waals surface area contributed by atoms with Crippen LogP contribution in [0.4, 0.5) is 5.69 Å². The third-order valence-corrected chi connectivity index (χ3v) is 5.85. The minimum absolute atomic E-state index is 0.145. The maximum atomic E-state index is 13.4. The number of nitrogens with one attached hydrogen (secondary N) is 1. The van der Waals surface area contributed by atoms with Crippen LogP contribution in [0.25, 0.3) is 16.6 Å². The minimum atomic E-state index is -0.450. The smallest absolute Gasteiger partial charge is 0.266 e. The molecule has 4 aromatic rings. The van der Waals surface area contributed by atoms with Crippen molar-refractivity contribution < 1.29 is 4.79 Å². The Kier molecular flexibility index (Phi) is 5.68. The highest BCUT2D eigenvalue weighted by Crippen LogP contribution is 2.27. The van der Waals surface area contributed by atoms with E-state index in [-0.39, 0.29) is 11.5 Å². The fourth-order valence-corrected chi connectivity index (χ4v) is 4.12. The van der Waals surface area contributed by atoms with E-state index in [4.69, 9.17) is 4.98 Å². The molecular formula is C24H21N3O2S. The van der Waals surface area contributed by atoms with E-state index in [2.05, 4.69) is 5.32 Å². The van der Waals surface area contributed by atoms with Crippen LogP contribution in [0, 0.1) is 6.92 Å². The fourth-order valence-electron chi connectivity index (χ4n) is 3.20. The third-order valence-electron chi connectivity index (χ3n) is 4.79. The summed E-state index contributed by atoms with van der Waals surface area (Å²) < 4.78 is 1.61. The van der Waals surface area contributed by atoms with Crippen molar-refractivity contribution in [3.05, 3.63) is 94.8 Å². The molecule has 0 aliphatic heterocycles. The number of thioether (sulfide) groups is 1. The molecule has 0 bridgehead atoms. The normalized spacial score (nSPS) is 11.9. The van der Waals surface area contributed by atoms with E-state index in [1.54, 1.807) is 10.6 Å². The molecule has 6 heteroatoms. The first-order valence-corrected chi connectivity index (χ1v) is 10.5. The summed E-state index contributed by atoms with van der Waals surface area (Å²) in [6.07, 6.45) is 0. The zero-order valence-corrected chi connectivity index (χ0v) is 17.5. The minimum Gasteiger partial charge on any atom is -0.325 e. The Morgan fingerprint density at radius 3 is 2.40 bits per heavy atom. The van der Waals surface area contributed by atoms with Gasteiger partial charge in [0.1, 0.15) is 0 Å². The number of fused-ring (bicyclic) bond motifs is 1. The van der Waals surface area contributed by atoms with Crippen LogP contribution in [-0.4, -0.2) is 20.7 Å². The number of hydrogen-bond donors (Lipinski definition) is 1. The Bertz CT molecular complexity index is 1270. The Hall–Kier alpha value is -3.38. The second-order valence-electron chi connectivity index (χ2n) is 6.95. The molecule has 1 heterocycles. The average Bonchev–Trinajstić information content (AvgIpc) is 2.75. The standard InChI is InChI=1S/C24H21N3O2S/c1-16-10-6-9-15-21(16)27-23(29)19-13-7-8-14-20(19)26-24(27)30-17(2)22(28)25-18-11-4-3-5-12-18/h3-15,17H,1-2H3,(H,25,28)/t17-/m1/s1. The summed E-state index contributed by atoms with van der Waals surface area (Å²) in [6, 6.07) is 24.3. The lowest BCUT2D eigenvalue weighted by molar-refractivity contribution is -0.115. The maximum Gasteiger partial charge on any atom is 0.266 e. The summed E-state index contributed by atoms with van der Waals surface area (Å²) in [4.78, 5) is 30.8. The number of anilines is 1. The van der Waals surface area contributed by atoms with Gasteiger partial charge in [-0.1, -0.05) is 60.3 Å². The van der Waals surface area contributed by atoms with Crippen molar-refractivity contribution >= 4 is 34.3 Å². The summed E-state index contributed by atoms with van der Waals surface area (Å²) in [5.74, 6) is -0.148. The summed E-state index contributed by atoms with van der Waals surface area (Å²) in [5.41, 5.74) is 2.93. The summed E-state index contributed by atoms with van der Waals surface area (Å²) >= 11 is 1.27. The van der Waals surface area contributed by atoms with Gasteiger partial charge in [0.15, 0.2) is 5.16 Å². The second-order valence-corrected chi connectivity index (χ2v) is 8.26. The quantitative estimate of drug-likeness (QED) is 0.375. The maximum absolute atomic E-state index is 13.4. The molecule has 0 saturated carbocycles. The zero-order chi connectivity index (χ0) is 21.1. The van der Waals surface area contributed by atoms with Gasteiger partial charge in [-0.2, -0.15) is 0 Å². The molecule has 0 radical (unpaired) electrons. The van der Waals surface area contributed by atoms with E-state index in [1.165, 1.54) is 11.8 Å². The van der Waals surface area contributed by atoms with Crippen molar-refractivity contribution in [2.24, 2.45) is 0 Å². The van der Waals surface area contributed by atoms with Crippen LogP contribution in [0.5, 0.6) is 0 Å². The van der Waals surface area contributed by atoms with Crippen molar-refractivity contribution in [2.75, 3.05) is 5.32 Å². The monoisotopic (exact) mass is 415 g/mol. The molecule has 5 nitrogen and oxygen atoms in total. The Balaban J connectivity index is 1.76. The highest BCUT2D eigenvalue weighted by Gasteiger charge is 2.21. The first kappa shape index (κ1) is 19.9. The van der Waals surface area contributed by atoms with E-state index in [9.17, 15) is 9.59 Å². The lowest BCUT2D eigenvalue weighted by Gasteiger charge is -2.17. The molecule has 150 valence electrons. The summed E-state index contributed by atoms with van der Waals surface area (Å²) in [6.45, 7) is 3.77. The lowest BCUT2D eigenvalue weighted by Crippen LogP contribution is -2.26. The molecule has 0 unspecified atom stereocenters. The van der Waals surface area contributed by atoms with Gasteiger partial charge in [-0.15, -0.1) is 0 Å². The number of benzene rings is 3. The Morgan fingerprint density at radius 1 is 0.967 bits per heavy atom. The number of hydrogen-bond acceptors (Lipinski definition) is 4. The van der Waals surface area contributed by atoms with E-state index >= 15 is 0 Å². The molecule has 1 aromatic heterocycles. The first-order valence-electron chi connectivity index (χ1n) is 9.65. The molecule has 0 aliphatic carbocycles. The van der Waals surface area contributed by atoms with E-state index < -0.39 is 5.25 Å². The van der Waals surface area contributed by atoms with Crippen molar-refractivity contribution in [1.82, 2.24) is 9.55 Å². The van der Waals surface area contributed by atoms with Gasteiger partial charge in [0, 0.05) is 5.69 Å². The zero-order valence-electron chi connectivity index (χ0n) is 16.7. The SMILES string of the molecule is Cc1ccccc1-n1c(S[C@H](C)C(=O)Nc2ccccc2)nc2ccccc2c1=O. The number of carbonyl (C=O) groups is 1. The second kappa shape index (κ2) is 8.55. The van der Waals surface area contributed by atoms with Crippen LogP contribution in [0.1, 0.15) is 12.5 Å². The van der Waals surface area contributed by atoms with E-state index in [1.807, 2.05) is 86.6 Å². The van der Waals surface area contributed by atoms with Crippen LogP contribution in [0.3, 0.4) is 0 Å². The van der Waals surface area contributed by atoms with Crippen LogP contribution in [0.15, 0.2) is 88.8 Å². The number of amides is 1. The molecule has 3 aromatic carbocycles. The predicted molar refractivity (Wildman–Crippen MR) is 122 cm³/mol. The number of carbonyl (C=O) groups excluding carboxylic acids is 1. The van der Waals surface area contributed by atoms with Crippen LogP contribution in [-0.2, 0) is 4.79 Å². The highest BCUT2D eigenvalue weighted by atomic mass is 32.2. The van der Waals surface area contributed by atoms with Gasteiger partial charge in [0.2, 0.25) is 5.91 Å². The molecule has 0 spiro atoms. The lowest BCUT2D eigenvalue weighted by atomic mass is 10.2. The molecule has 0 saturated heterocycles. The number of nitrogens with zero attached hydrogens (tertiary/aromatic N) is 2. The van der Waals surface area contributed by atoms with Gasteiger partial charge in [0.05, 0.1) is 21.8 Å². The molecule has 30 heavy (non-hydrogen) atoms. The van der Waals surface area contributed by atoms with Crippen LogP contribution < -0.4 is 10.9 Å². The van der Waals surface area contributed by atoms with Crippen molar-refractivity contribution in [1.29, 1.82) is 0 Å². The number of aryl methyl sites for hydroxylation is 1. The molecule has 1 amide bonds. The molecule has 1 N–H and O–H groups in total. The van der Waals surface area contributed by atoms with Crippen molar-refractivity contribution in [3.63, 3.8) is 0 Å². The molecule has 4 rings (SSSR count). The van der Waals surface area contributed by atoms with E-state index in [0.29, 0.717) is 16.1 Å². The summed E-state index contributed by atoms with van der Waals surface area (Å²) in [7, 11) is 0. The largest absolute Gasteiger partial charge is 0.325 e. The Morgan fingerprint density at radius 2 is 1.63 bits per heavy atom. The van der Waals surface area contributed by atoms with Crippen LogP contribution in [0.2, 0.25) is 0 Å². The highest BCUT2D eigenvalue weighted by molar-refractivity contribution is 8.00. The van der Waals surface area contributed by atoms with Gasteiger partial charge in [-0.3, -0.25) is 14.2 Å². The average molecular weight is 416 g/mol. The third kappa shape index (κ3) is 4.00. The molecule has 0 fully saturated rings. The van der Waals surface area contributed by atoms with E-state index in [0.717, 1.165) is 16.9 Å². The first-order chi connectivity index (χ1) is 14.5. The topological polar surface area (TPSA) is 64.0 Å². The van der Waals surface area contributed by atoms with Gasteiger partial charge in [0.25, 0.3) is 5.56 Å². The Labute approximate surface area is 178 Å². The van der Waals surface area contributed by atoms with Crippen molar-refractivity contribution in [3.8, 4) is 5.69 Å². The van der Waals surface area contributed by atoms with Crippen molar-refractivity contribution in [2.45, 2.75) is 24.3 Å². The number of aromatic nitrogens is 2. The molecule has 0 aliphatic rings. The predicted octanol–water partition coefficient (Wildman–Crippen LogP) is 4.81. The van der Waals surface area contributed by atoms with Gasteiger partial charge in [-0.25, -0.2) is 4.98 Å². The number of rotatable bonds is 5. The van der Waals surface area contributed by atoms with Crippen LogP contribution >= 0.6 is 11.8 Å². The molecule has 1 atom stereocenters.